The van der Waals surface area contributed by atoms with Gasteiger partial charge in [-0.3, -0.25) is 9.79 Å². The van der Waals surface area contributed by atoms with E-state index >= 15 is 0 Å². The highest BCUT2D eigenvalue weighted by Crippen LogP contribution is 2.31. The molecule has 0 fully saturated rings. The van der Waals surface area contributed by atoms with Crippen LogP contribution < -0.4 is 5.32 Å². The molecule has 0 aliphatic carbocycles. The van der Waals surface area contributed by atoms with Gasteiger partial charge >= 0.3 is 0 Å². The standard InChI is InChI=1S/C14H14BrN3OS/c1-9-6-10(2-3-12(9)15)17-13(19)7-11-8-20-14-16-4-5-18(11)14/h2-3,6,8H,4-5,7H2,1H3,(H,17,19). The summed E-state index contributed by atoms with van der Waals surface area (Å²) >= 11 is 5.05. The van der Waals surface area contributed by atoms with Crippen LogP contribution in [0.5, 0.6) is 0 Å². The maximum atomic E-state index is 12.1. The predicted octanol–water partition coefficient (Wildman–Crippen LogP) is 3.35. The summed E-state index contributed by atoms with van der Waals surface area (Å²) in [6, 6.07) is 5.80. The third-order valence-electron chi connectivity index (χ3n) is 3.23. The number of thioether (sulfide) groups is 1. The average molecular weight is 352 g/mol. The van der Waals surface area contributed by atoms with E-state index in [-0.39, 0.29) is 5.91 Å². The Morgan fingerprint density at radius 1 is 1.55 bits per heavy atom. The molecule has 4 nitrogen and oxygen atoms in total. The lowest BCUT2D eigenvalue weighted by Gasteiger charge is -2.16. The van der Waals surface area contributed by atoms with Crippen molar-refractivity contribution in [2.24, 2.45) is 4.99 Å². The first-order chi connectivity index (χ1) is 9.63. The lowest BCUT2D eigenvalue weighted by Crippen LogP contribution is -2.24. The van der Waals surface area contributed by atoms with E-state index in [2.05, 4.69) is 31.1 Å². The molecule has 6 heteroatoms. The van der Waals surface area contributed by atoms with Gasteiger partial charge in [0.15, 0.2) is 5.17 Å². The van der Waals surface area contributed by atoms with Gasteiger partial charge in [0.05, 0.1) is 13.0 Å². The van der Waals surface area contributed by atoms with Crippen molar-refractivity contribution in [1.82, 2.24) is 4.90 Å². The number of amides is 1. The van der Waals surface area contributed by atoms with E-state index in [0.717, 1.165) is 39.7 Å². The van der Waals surface area contributed by atoms with E-state index in [9.17, 15) is 4.79 Å². The van der Waals surface area contributed by atoms with Crippen LogP contribution in [-0.2, 0) is 4.79 Å². The van der Waals surface area contributed by atoms with Crippen LogP contribution >= 0.6 is 27.7 Å². The van der Waals surface area contributed by atoms with Crippen molar-refractivity contribution in [1.29, 1.82) is 0 Å². The number of nitrogens with one attached hydrogen (secondary N) is 1. The van der Waals surface area contributed by atoms with Crippen LogP contribution in [0.15, 0.2) is 38.8 Å². The number of anilines is 1. The molecule has 2 aliphatic heterocycles. The molecule has 20 heavy (non-hydrogen) atoms. The van der Waals surface area contributed by atoms with Gasteiger partial charge in [-0.05, 0) is 36.1 Å². The first-order valence-electron chi connectivity index (χ1n) is 6.37. The monoisotopic (exact) mass is 351 g/mol. The molecule has 1 amide bonds. The second-order valence-electron chi connectivity index (χ2n) is 4.73. The molecule has 3 rings (SSSR count). The molecule has 1 aromatic carbocycles. The number of aryl methyl sites for hydroxylation is 1. The van der Waals surface area contributed by atoms with Crippen LogP contribution in [-0.4, -0.2) is 29.1 Å². The minimum Gasteiger partial charge on any atom is -0.326 e. The highest BCUT2D eigenvalue weighted by atomic mass is 79.9. The zero-order chi connectivity index (χ0) is 14.1. The highest BCUT2D eigenvalue weighted by molar-refractivity contribution is 9.10. The zero-order valence-corrected chi connectivity index (χ0v) is 13.4. The van der Waals surface area contributed by atoms with Crippen molar-refractivity contribution >= 4 is 44.5 Å². The molecule has 1 aromatic rings. The van der Waals surface area contributed by atoms with E-state index < -0.39 is 0 Å². The molecule has 0 saturated heterocycles. The maximum Gasteiger partial charge on any atom is 0.230 e. The van der Waals surface area contributed by atoms with Gasteiger partial charge in [0.2, 0.25) is 5.91 Å². The summed E-state index contributed by atoms with van der Waals surface area (Å²) in [5.41, 5.74) is 2.97. The smallest absolute Gasteiger partial charge is 0.230 e. The number of hydrogen-bond donors (Lipinski definition) is 1. The number of carbonyl (C=O) groups is 1. The Labute approximate surface area is 130 Å². The van der Waals surface area contributed by atoms with Crippen LogP contribution in [0.3, 0.4) is 0 Å². The van der Waals surface area contributed by atoms with Gasteiger partial charge < -0.3 is 10.2 Å². The Balaban J connectivity index is 1.63. The summed E-state index contributed by atoms with van der Waals surface area (Å²) in [4.78, 5) is 18.6. The van der Waals surface area contributed by atoms with Gasteiger partial charge in [-0.1, -0.05) is 27.7 Å². The van der Waals surface area contributed by atoms with Gasteiger partial charge in [0.1, 0.15) is 0 Å². The summed E-state index contributed by atoms with van der Waals surface area (Å²) in [5, 5.41) is 5.98. The number of aliphatic imine (C=N–C) groups is 1. The van der Waals surface area contributed by atoms with Crippen LogP contribution in [0.4, 0.5) is 5.69 Å². The number of nitrogens with zero attached hydrogens (tertiary/aromatic N) is 2. The first kappa shape index (κ1) is 13.7. The largest absolute Gasteiger partial charge is 0.326 e. The number of rotatable bonds is 3. The van der Waals surface area contributed by atoms with Gasteiger partial charge in [-0.25, -0.2) is 0 Å². The fourth-order valence-corrected chi connectivity index (χ4v) is 3.41. The second kappa shape index (κ2) is 5.61. The SMILES string of the molecule is Cc1cc(NC(=O)CC2=CSC3=NCCN23)ccc1Br. The second-order valence-corrected chi connectivity index (χ2v) is 6.42. The lowest BCUT2D eigenvalue weighted by molar-refractivity contribution is -0.115. The van der Waals surface area contributed by atoms with Gasteiger partial charge in [0.25, 0.3) is 0 Å². The Kier molecular flexibility index (Phi) is 3.85. The lowest BCUT2D eigenvalue weighted by atomic mass is 10.2. The third kappa shape index (κ3) is 2.76. The molecule has 104 valence electrons. The van der Waals surface area contributed by atoms with E-state index in [0.29, 0.717) is 6.42 Å². The molecular formula is C14H14BrN3OS. The maximum absolute atomic E-state index is 12.1. The molecule has 0 atom stereocenters. The average Bonchev–Trinajstić information content (AvgIpc) is 2.99. The number of fused-ring (bicyclic) bond motifs is 1. The number of carbonyl (C=O) groups excluding carboxylic acids is 1. The van der Waals surface area contributed by atoms with Gasteiger partial charge in [0, 0.05) is 22.4 Å². The summed E-state index contributed by atoms with van der Waals surface area (Å²) in [6.45, 7) is 3.72. The minimum atomic E-state index is 0.00622. The molecule has 1 N–H and O–H groups in total. The number of amidine groups is 1. The quantitative estimate of drug-likeness (QED) is 0.908. The van der Waals surface area contributed by atoms with Crippen molar-refractivity contribution in [3.63, 3.8) is 0 Å². The van der Waals surface area contributed by atoms with Crippen LogP contribution in [0.1, 0.15) is 12.0 Å². The molecule has 2 heterocycles. The molecular weight excluding hydrogens is 338 g/mol. The molecule has 0 saturated carbocycles. The van der Waals surface area contributed by atoms with Gasteiger partial charge in [-0.2, -0.15) is 0 Å². The molecule has 0 radical (unpaired) electrons. The molecule has 0 spiro atoms. The van der Waals surface area contributed by atoms with E-state index in [4.69, 9.17) is 0 Å². The van der Waals surface area contributed by atoms with Crippen LogP contribution in [0, 0.1) is 6.92 Å². The Bertz CT molecular complexity index is 627. The van der Waals surface area contributed by atoms with Crippen molar-refractivity contribution < 1.29 is 4.79 Å². The minimum absolute atomic E-state index is 0.00622. The number of benzene rings is 1. The van der Waals surface area contributed by atoms with E-state index in [1.165, 1.54) is 0 Å². The fourth-order valence-electron chi connectivity index (χ4n) is 2.21. The summed E-state index contributed by atoms with van der Waals surface area (Å²) in [7, 11) is 0. The molecule has 0 bridgehead atoms. The van der Waals surface area contributed by atoms with Crippen molar-refractivity contribution in [3.05, 3.63) is 39.3 Å². The Hall–Kier alpha value is -1.27. The summed E-state index contributed by atoms with van der Waals surface area (Å²) < 4.78 is 1.04. The zero-order valence-electron chi connectivity index (χ0n) is 11.0. The highest BCUT2D eigenvalue weighted by Gasteiger charge is 2.27. The third-order valence-corrected chi connectivity index (χ3v) is 5.07. The van der Waals surface area contributed by atoms with Crippen LogP contribution in [0.2, 0.25) is 0 Å². The number of hydrogen-bond acceptors (Lipinski definition) is 4. The normalized spacial score (nSPS) is 16.8. The molecule has 0 aromatic heterocycles. The number of halogens is 1. The van der Waals surface area contributed by atoms with E-state index in [1.807, 2.05) is 30.5 Å². The summed E-state index contributed by atoms with van der Waals surface area (Å²) in [5.74, 6) is 0.00622. The summed E-state index contributed by atoms with van der Waals surface area (Å²) in [6.07, 6.45) is 0.390. The molecule has 0 unspecified atom stereocenters. The van der Waals surface area contributed by atoms with Crippen LogP contribution in [0.25, 0.3) is 0 Å². The predicted molar refractivity (Wildman–Crippen MR) is 86.8 cm³/mol. The van der Waals surface area contributed by atoms with E-state index in [1.54, 1.807) is 11.8 Å². The Morgan fingerprint density at radius 2 is 2.40 bits per heavy atom. The fraction of sp³-hybridized carbons (Fsp3) is 0.286. The topological polar surface area (TPSA) is 44.7 Å². The first-order valence-corrected chi connectivity index (χ1v) is 8.04. The van der Waals surface area contributed by atoms with Gasteiger partial charge in [-0.15, -0.1) is 0 Å². The molecule has 2 aliphatic rings. The Morgan fingerprint density at radius 3 is 3.20 bits per heavy atom. The van der Waals surface area contributed by atoms with Crippen molar-refractivity contribution in [2.45, 2.75) is 13.3 Å². The van der Waals surface area contributed by atoms with Crippen molar-refractivity contribution in [2.75, 3.05) is 18.4 Å². The van der Waals surface area contributed by atoms with Crippen molar-refractivity contribution in [3.8, 4) is 0 Å².